The molecule has 0 bridgehead atoms. The van der Waals surface area contributed by atoms with Crippen molar-refractivity contribution in [2.24, 2.45) is 5.41 Å². The van der Waals surface area contributed by atoms with E-state index in [9.17, 15) is 5.11 Å². The van der Waals surface area contributed by atoms with Crippen molar-refractivity contribution in [3.8, 4) is 0 Å². The topological polar surface area (TPSA) is 41.5 Å². The lowest BCUT2D eigenvalue weighted by Gasteiger charge is -2.34. The predicted octanol–water partition coefficient (Wildman–Crippen LogP) is 3.65. The van der Waals surface area contributed by atoms with Crippen LogP contribution in [0.25, 0.3) is 0 Å². The summed E-state index contributed by atoms with van der Waals surface area (Å²) < 4.78 is 6.04. The van der Waals surface area contributed by atoms with Crippen molar-refractivity contribution in [1.29, 1.82) is 0 Å². The average molecular weight is 297 g/mol. The smallest absolute Gasteiger partial charge is 0.0610 e. The zero-order chi connectivity index (χ0) is 15.3. The molecule has 2 rings (SSSR count). The maximum Gasteiger partial charge on any atom is 0.0610 e. The van der Waals surface area contributed by atoms with Gasteiger partial charge in [-0.25, -0.2) is 0 Å². The maximum absolute atomic E-state index is 9.58. The monoisotopic (exact) mass is 297 g/mol. The van der Waals surface area contributed by atoms with Crippen LogP contribution in [0.15, 0.2) is 0 Å². The van der Waals surface area contributed by atoms with E-state index in [1.807, 2.05) is 0 Å². The molecule has 124 valence electrons. The van der Waals surface area contributed by atoms with E-state index >= 15 is 0 Å². The van der Waals surface area contributed by atoms with Crippen LogP contribution >= 0.6 is 0 Å². The Labute approximate surface area is 130 Å². The van der Waals surface area contributed by atoms with Crippen molar-refractivity contribution in [3.05, 3.63) is 0 Å². The van der Waals surface area contributed by atoms with E-state index < -0.39 is 0 Å². The van der Waals surface area contributed by atoms with Crippen LogP contribution in [-0.2, 0) is 4.74 Å². The van der Waals surface area contributed by atoms with Gasteiger partial charge in [0.1, 0.15) is 0 Å². The van der Waals surface area contributed by atoms with Crippen LogP contribution < -0.4 is 5.32 Å². The van der Waals surface area contributed by atoms with Gasteiger partial charge < -0.3 is 15.2 Å². The second-order valence-electron chi connectivity index (χ2n) is 8.33. The van der Waals surface area contributed by atoms with Gasteiger partial charge in [-0.05, 0) is 70.1 Å². The molecule has 2 N–H and O–H groups in total. The number of rotatable bonds is 9. The van der Waals surface area contributed by atoms with Crippen LogP contribution in [0.2, 0.25) is 0 Å². The van der Waals surface area contributed by atoms with E-state index in [0.29, 0.717) is 17.6 Å². The van der Waals surface area contributed by atoms with Gasteiger partial charge in [0.25, 0.3) is 0 Å². The Balaban J connectivity index is 1.53. The minimum atomic E-state index is -0.0873. The van der Waals surface area contributed by atoms with Gasteiger partial charge in [-0.15, -0.1) is 0 Å². The number of hydrogen-bond donors (Lipinski definition) is 2. The van der Waals surface area contributed by atoms with Crippen molar-refractivity contribution in [2.75, 3.05) is 13.2 Å². The number of unbranched alkanes of at least 4 members (excludes halogenated alkanes) is 1. The molecular formula is C18H35NO2. The maximum atomic E-state index is 9.58. The van der Waals surface area contributed by atoms with Crippen molar-refractivity contribution in [3.63, 3.8) is 0 Å². The summed E-state index contributed by atoms with van der Waals surface area (Å²) in [6.45, 7) is 8.01. The van der Waals surface area contributed by atoms with E-state index in [1.54, 1.807) is 0 Å². The van der Waals surface area contributed by atoms with Crippen LogP contribution in [0.5, 0.6) is 0 Å². The minimum absolute atomic E-state index is 0.0873. The molecule has 1 atom stereocenters. The van der Waals surface area contributed by atoms with Gasteiger partial charge in [-0.3, -0.25) is 0 Å². The molecule has 0 aliphatic heterocycles. The normalized spacial score (nSPS) is 25.7. The summed E-state index contributed by atoms with van der Waals surface area (Å²) >= 11 is 0. The molecule has 3 heteroatoms. The van der Waals surface area contributed by atoms with Gasteiger partial charge in [0.15, 0.2) is 0 Å². The van der Waals surface area contributed by atoms with Crippen LogP contribution in [0, 0.1) is 5.41 Å². The molecule has 21 heavy (non-hydrogen) atoms. The van der Waals surface area contributed by atoms with Gasteiger partial charge in [0.05, 0.1) is 12.7 Å². The third-order valence-corrected chi connectivity index (χ3v) is 5.24. The zero-order valence-corrected chi connectivity index (χ0v) is 14.3. The fourth-order valence-corrected chi connectivity index (χ4v) is 3.32. The van der Waals surface area contributed by atoms with Crippen molar-refractivity contribution >= 4 is 0 Å². The van der Waals surface area contributed by atoms with Gasteiger partial charge in [0.2, 0.25) is 0 Å². The first-order valence-corrected chi connectivity index (χ1v) is 8.93. The third-order valence-electron chi connectivity index (χ3n) is 5.24. The SMILES string of the molecule is CC1(C)CCC(OCCCCC(C)(CO)NC2CC2)CC1. The van der Waals surface area contributed by atoms with Crippen LogP contribution in [0.1, 0.15) is 78.6 Å². The van der Waals surface area contributed by atoms with Gasteiger partial charge >= 0.3 is 0 Å². The molecule has 1 unspecified atom stereocenters. The van der Waals surface area contributed by atoms with Gasteiger partial charge in [-0.1, -0.05) is 13.8 Å². The molecule has 2 saturated carbocycles. The predicted molar refractivity (Wildman–Crippen MR) is 87.5 cm³/mol. The molecule has 2 fully saturated rings. The summed E-state index contributed by atoms with van der Waals surface area (Å²) in [6, 6.07) is 0.656. The van der Waals surface area contributed by atoms with E-state index in [4.69, 9.17) is 4.74 Å². The van der Waals surface area contributed by atoms with E-state index in [1.165, 1.54) is 38.5 Å². The Bertz CT molecular complexity index is 304. The summed E-state index contributed by atoms with van der Waals surface area (Å²) in [7, 11) is 0. The first-order valence-electron chi connectivity index (χ1n) is 8.93. The van der Waals surface area contributed by atoms with Gasteiger partial charge in [0, 0.05) is 18.2 Å². The van der Waals surface area contributed by atoms with E-state index in [-0.39, 0.29) is 12.1 Å². The highest BCUT2D eigenvalue weighted by Gasteiger charge is 2.31. The second kappa shape index (κ2) is 7.43. The zero-order valence-electron chi connectivity index (χ0n) is 14.3. The molecule has 0 aromatic carbocycles. The molecule has 0 aromatic heterocycles. The number of hydrogen-bond acceptors (Lipinski definition) is 3. The van der Waals surface area contributed by atoms with Gasteiger partial charge in [-0.2, -0.15) is 0 Å². The highest BCUT2D eigenvalue weighted by atomic mass is 16.5. The minimum Gasteiger partial charge on any atom is -0.394 e. The highest BCUT2D eigenvalue weighted by Crippen LogP contribution is 2.36. The molecule has 0 heterocycles. The van der Waals surface area contributed by atoms with E-state index in [0.717, 1.165) is 25.9 Å². The summed E-state index contributed by atoms with van der Waals surface area (Å²) in [4.78, 5) is 0. The third kappa shape index (κ3) is 6.25. The van der Waals surface area contributed by atoms with Crippen molar-refractivity contribution in [2.45, 2.75) is 96.2 Å². The second-order valence-corrected chi connectivity index (χ2v) is 8.33. The van der Waals surface area contributed by atoms with Crippen molar-refractivity contribution in [1.82, 2.24) is 5.32 Å². The Kier molecular flexibility index (Phi) is 6.10. The Morgan fingerprint density at radius 2 is 1.81 bits per heavy atom. The Morgan fingerprint density at radius 3 is 2.38 bits per heavy atom. The lowest BCUT2D eigenvalue weighted by atomic mass is 9.76. The fourth-order valence-electron chi connectivity index (χ4n) is 3.32. The molecule has 3 nitrogen and oxygen atoms in total. The first kappa shape index (κ1) is 17.2. The van der Waals surface area contributed by atoms with Crippen LogP contribution in [0.4, 0.5) is 0 Å². The Hall–Kier alpha value is -0.120. The molecule has 2 aliphatic carbocycles. The summed E-state index contributed by atoms with van der Waals surface area (Å²) in [5.74, 6) is 0. The highest BCUT2D eigenvalue weighted by molar-refractivity contribution is 4.92. The molecule has 0 radical (unpaired) electrons. The molecule has 0 aromatic rings. The van der Waals surface area contributed by atoms with Crippen molar-refractivity contribution < 1.29 is 9.84 Å². The molecule has 0 spiro atoms. The summed E-state index contributed by atoms with van der Waals surface area (Å²) in [5.41, 5.74) is 0.438. The molecule has 0 amide bonds. The largest absolute Gasteiger partial charge is 0.394 e. The summed E-state index contributed by atoms with van der Waals surface area (Å²) in [5, 5.41) is 13.2. The average Bonchev–Trinajstić information content (AvgIpc) is 3.24. The number of aliphatic hydroxyl groups is 1. The standard InChI is InChI=1S/C18H35NO2/c1-17(2)11-8-16(9-12-17)21-13-5-4-10-18(3,14-20)19-15-6-7-15/h15-16,19-20H,4-14H2,1-3H3. The Morgan fingerprint density at radius 1 is 1.14 bits per heavy atom. The molecule has 0 saturated heterocycles. The number of ether oxygens (including phenoxy) is 1. The molecule has 2 aliphatic rings. The number of nitrogens with one attached hydrogen (secondary N) is 1. The van der Waals surface area contributed by atoms with E-state index in [2.05, 4.69) is 26.1 Å². The lowest BCUT2D eigenvalue weighted by Crippen LogP contribution is -2.46. The molecular weight excluding hydrogens is 262 g/mol. The van der Waals surface area contributed by atoms with Crippen LogP contribution in [0.3, 0.4) is 0 Å². The quantitative estimate of drug-likeness (QED) is 0.638. The number of aliphatic hydroxyl groups excluding tert-OH is 1. The first-order chi connectivity index (χ1) is 9.92. The fraction of sp³-hybridized carbons (Fsp3) is 1.00. The van der Waals surface area contributed by atoms with Crippen LogP contribution in [-0.4, -0.2) is 36.0 Å². The lowest BCUT2D eigenvalue weighted by molar-refractivity contribution is 0.00197. The summed E-state index contributed by atoms with van der Waals surface area (Å²) in [6.07, 6.45) is 11.4.